The van der Waals surface area contributed by atoms with E-state index in [0.29, 0.717) is 0 Å². The summed E-state index contributed by atoms with van der Waals surface area (Å²) in [5, 5.41) is 3.14. The molecule has 152 valence electrons. The Bertz CT molecular complexity index is 703. The lowest BCUT2D eigenvalue weighted by Gasteiger charge is -2.36. The number of benzene rings is 1. The summed E-state index contributed by atoms with van der Waals surface area (Å²) in [7, 11) is 0. The Morgan fingerprint density at radius 1 is 1.14 bits per heavy atom. The monoisotopic (exact) mass is 384 g/mol. The van der Waals surface area contributed by atoms with Crippen LogP contribution in [0.25, 0.3) is 0 Å². The molecule has 1 aromatic carbocycles. The number of quaternary nitrogens is 1. The van der Waals surface area contributed by atoms with Crippen molar-refractivity contribution in [2.45, 2.75) is 52.0 Å². The Morgan fingerprint density at radius 3 is 2.46 bits per heavy atom. The van der Waals surface area contributed by atoms with Gasteiger partial charge in [-0.1, -0.05) is 11.6 Å². The van der Waals surface area contributed by atoms with Crippen molar-refractivity contribution in [2.24, 2.45) is 0 Å². The van der Waals surface area contributed by atoms with Crippen molar-refractivity contribution in [1.29, 1.82) is 0 Å². The summed E-state index contributed by atoms with van der Waals surface area (Å²) < 4.78 is 0. The first kappa shape index (κ1) is 20.6. The highest BCUT2D eigenvalue weighted by Crippen LogP contribution is 2.19. The number of hydrogen-bond donors (Lipinski definition) is 2. The third kappa shape index (κ3) is 5.44. The average Bonchev–Trinajstić information content (AvgIpc) is 2.74. The summed E-state index contributed by atoms with van der Waals surface area (Å²) in [6.45, 7) is 8.16. The van der Waals surface area contributed by atoms with Crippen molar-refractivity contribution < 1.29 is 14.5 Å². The van der Waals surface area contributed by atoms with E-state index in [-0.39, 0.29) is 17.7 Å². The highest BCUT2D eigenvalue weighted by molar-refractivity contribution is 5.94. The fraction of sp³-hybridized carbons (Fsp3) is 0.565. The SMILES string of the molecule is CC(=O)c1ccc(N2CC[NH+]([C@H](C)C(=O)NCCC3=CCCCC3)CC2)cc1. The number of hydrogen-bond acceptors (Lipinski definition) is 3. The number of nitrogens with zero attached hydrogens (tertiary/aromatic N) is 1. The van der Waals surface area contributed by atoms with Crippen LogP contribution in [0.4, 0.5) is 5.69 Å². The lowest BCUT2D eigenvalue weighted by Crippen LogP contribution is -3.19. The molecular weight excluding hydrogens is 350 g/mol. The molecule has 2 aliphatic rings. The van der Waals surface area contributed by atoms with Crippen LogP contribution in [0.1, 0.15) is 56.3 Å². The molecule has 0 radical (unpaired) electrons. The Hall–Kier alpha value is -2.14. The van der Waals surface area contributed by atoms with Crippen molar-refractivity contribution in [3.05, 3.63) is 41.5 Å². The zero-order valence-electron chi connectivity index (χ0n) is 17.3. The van der Waals surface area contributed by atoms with Gasteiger partial charge >= 0.3 is 0 Å². The molecule has 1 aromatic rings. The third-order valence-electron chi connectivity index (χ3n) is 6.18. The number of ketones is 1. The van der Waals surface area contributed by atoms with E-state index in [1.54, 1.807) is 6.92 Å². The molecule has 0 spiro atoms. The van der Waals surface area contributed by atoms with E-state index in [9.17, 15) is 9.59 Å². The second kappa shape index (κ2) is 9.87. The van der Waals surface area contributed by atoms with Gasteiger partial charge in [-0.15, -0.1) is 0 Å². The molecule has 0 aromatic heterocycles. The Kier molecular flexibility index (Phi) is 7.26. The topological polar surface area (TPSA) is 53.9 Å². The standard InChI is InChI=1S/C23H33N3O2/c1-18(23(28)24-13-12-20-6-4-3-5-7-20)25-14-16-26(17-15-25)22-10-8-21(9-11-22)19(2)27/h6,8-11,18H,3-5,7,12-17H2,1-2H3,(H,24,28)/p+1/t18-/m1/s1. The first-order chi connectivity index (χ1) is 13.5. The van der Waals surface area contributed by atoms with Gasteiger partial charge in [-0.25, -0.2) is 0 Å². The molecule has 1 amide bonds. The van der Waals surface area contributed by atoms with E-state index in [4.69, 9.17) is 0 Å². The van der Waals surface area contributed by atoms with Crippen LogP contribution in [0.2, 0.25) is 0 Å². The van der Waals surface area contributed by atoms with Gasteiger partial charge in [-0.3, -0.25) is 9.59 Å². The second-order valence-corrected chi connectivity index (χ2v) is 8.12. The zero-order chi connectivity index (χ0) is 19.9. The van der Waals surface area contributed by atoms with Gasteiger partial charge in [0.15, 0.2) is 11.8 Å². The third-order valence-corrected chi connectivity index (χ3v) is 6.18. The minimum Gasteiger partial charge on any atom is -0.360 e. The number of allylic oxidation sites excluding steroid dienone is 1. The van der Waals surface area contributed by atoms with Crippen molar-refractivity contribution in [3.63, 3.8) is 0 Å². The Labute approximate surface area is 168 Å². The molecule has 1 heterocycles. The first-order valence-corrected chi connectivity index (χ1v) is 10.7. The number of Topliss-reactive ketones (excluding diaryl/α,β-unsaturated/α-hetero) is 1. The van der Waals surface area contributed by atoms with E-state index in [1.807, 2.05) is 31.2 Å². The van der Waals surface area contributed by atoms with E-state index >= 15 is 0 Å². The van der Waals surface area contributed by atoms with Crippen LogP contribution in [0.3, 0.4) is 0 Å². The zero-order valence-corrected chi connectivity index (χ0v) is 17.3. The van der Waals surface area contributed by atoms with Crippen LogP contribution < -0.4 is 15.1 Å². The molecule has 0 unspecified atom stereocenters. The molecule has 1 atom stereocenters. The molecule has 0 saturated carbocycles. The summed E-state index contributed by atoms with van der Waals surface area (Å²) in [5.74, 6) is 0.270. The number of amides is 1. The van der Waals surface area contributed by atoms with Crippen LogP contribution in [-0.4, -0.2) is 50.5 Å². The van der Waals surface area contributed by atoms with E-state index in [0.717, 1.165) is 50.4 Å². The van der Waals surface area contributed by atoms with Gasteiger partial charge in [0.25, 0.3) is 5.91 Å². The number of rotatable bonds is 7. The van der Waals surface area contributed by atoms with Gasteiger partial charge in [0.05, 0.1) is 26.2 Å². The van der Waals surface area contributed by atoms with Crippen molar-refractivity contribution >= 4 is 17.4 Å². The molecule has 1 aliphatic carbocycles. The maximum atomic E-state index is 12.5. The lowest BCUT2D eigenvalue weighted by molar-refractivity contribution is -0.914. The van der Waals surface area contributed by atoms with Crippen LogP contribution in [-0.2, 0) is 4.79 Å². The maximum absolute atomic E-state index is 12.5. The molecule has 5 heteroatoms. The number of piperazine rings is 1. The summed E-state index contributed by atoms with van der Waals surface area (Å²) >= 11 is 0. The summed E-state index contributed by atoms with van der Waals surface area (Å²) in [5.41, 5.74) is 3.42. The number of anilines is 1. The van der Waals surface area contributed by atoms with Gasteiger partial charge < -0.3 is 15.1 Å². The molecule has 3 rings (SSSR count). The lowest BCUT2D eigenvalue weighted by atomic mass is 9.97. The largest absolute Gasteiger partial charge is 0.360 e. The van der Waals surface area contributed by atoms with E-state index in [1.165, 1.54) is 36.2 Å². The highest BCUT2D eigenvalue weighted by Gasteiger charge is 2.29. The first-order valence-electron chi connectivity index (χ1n) is 10.7. The number of carbonyl (C=O) groups is 2. The molecular formula is C23H34N3O2+. The summed E-state index contributed by atoms with van der Waals surface area (Å²) in [6.07, 6.45) is 8.35. The van der Waals surface area contributed by atoms with Crippen LogP contribution in [0, 0.1) is 0 Å². The predicted molar refractivity (Wildman–Crippen MR) is 113 cm³/mol. The quantitative estimate of drug-likeness (QED) is 0.558. The maximum Gasteiger partial charge on any atom is 0.278 e. The summed E-state index contributed by atoms with van der Waals surface area (Å²) in [6, 6.07) is 7.83. The van der Waals surface area contributed by atoms with Crippen molar-refractivity contribution in [3.8, 4) is 0 Å². The van der Waals surface area contributed by atoms with E-state index < -0.39 is 0 Å². The normalized spacial score (nSPS) is 19.1. The molecule has 5 nitrogen and oxygen atoms in total. The van der Waals surface area contributed by atoms with Gasteiger partial charge in [0.1, 0.15) is 0 Å². The minimum atomic E-state index is -0.0115. The molecule has 1 saturated heterocycles. The summed E-state index contributed by atoms with van der Waals surface area (Å²) in [4.78, 5) is 27.7. The highest BCUT2D eigenvalue weighted by atomic mass is 16.2. The van der Waals surface area contributed by atoms with Crippen LogP contribution in [0.15, 0.2) is 35.9 Å². The predicted octanol–water partition coefficient (Wildman–Crippen LogP) is 1.99. The van der Waals surface area contributed by atoms with Crippen molar-refractivity contribution in [1.82, 2.24) is 5.32 Å². The van der Waals surface area contributed by atoms with Crippen molar-refractivity contribution in [2.75, 3.05) is 37.6 Å². The van der Waals surface area contributed by atoms with Gasteiger partial charge in [-0.2, -0.15) is 0 Å². The molecule has 0 bridgehead atoms. The number of nitrogens with one attached hydrogen (secondary N) is 2. The molecule has 1 fully saturated rings. The second-order valence-electron chi connectivity index (χ2n) is 8.12. The fourth-order valence-corrected chi connectivity index (χ4v) is 4.21. The van der Waals surface area contributed by atoms with Gasteiger partial charge in [0.2, 0.25) is 0 Å². The minimum absolute atomic E-state index is 0.0115. The average molecular weight is 385 g/mol. The van der Waals surface area contributed by atoms with Crippen LogP contribution >= 0.6 is 0 Å². The Morgan fingerprint density at radius 2 is 1.86 bits per heavy atom. The van der Waals surface area contributed by atoms with Gasteiger partial charge in [-0.05, 0) is 70.2 Å². The molecule has 28 heavy (non-hydrogen) atoms. The fourth-order valence-electron chi connectivity index (χ4n) is 4.21. The van der Waals surface area contributed by atoms with E-state index in [2.05, 4.69) is 16.3 Å². The van der Waals surface area contributed by atoms with Crippen LogP contribution in [0.5, 0.6) is 0 Å². The molecule has 1 aliphatic heterocycles. The Balaban J connectivity index is 1.42. The van der Waals surface area contributed by atoms with Gasteiger partial charge in [0, 0.05) is 17.8 Å². The smallest absolute Gasteiger partial charge is 0.278 e. The number of carbonyl (C=O) groups excluding carboxylic acids is 2. The molecule has 2 N–H and O–H groups in total.